The van der Waals surface area contributed by atoms with E-state index >= 15 is 0 Å². The Hall–Kier alpha value is -3.22. The van der Waals surface area contributed by atoms with Crippen LogP contribution in [0.4, 0.5) is 0 Å². The molecule has 4 aromatic carbocycles. The van der Waals surface area contributed by atoms with E-state index in [1.807, 2.05) is 54.6 Å². The average molecular weight is 576 g/mol. The monoisotopic (exact) mass is 574 g/mol. The molecular weight excluding hydrogens is 560 g/mol. The maximum absolute atomic E-state index is 13.4. The van der Waals surface area contributed by atoms with Gasteiger partial charge in [0, 0.05) is 43.6 Å². The Bertz CT molecular complexity index is 1770. The van der Waals surface area contributed by atoms with Crippen molar-refractivity contribution in [1.82, 2.24) is 0 Å². The van der Waals surface area contributed by atoms with Crippen molar-refractivity contribution in [3.63, 3.8) is 0 Å². The second-order valence-electron chi connectivity index (χ2n) is 8.18. The van der Waals surface area contributed by atoms with E-state index in [4.69, 9.17) is 8.83 Å². The van der Waals surface area contributed by atoms with Crippen molar-refractivity contribution in [3.8, 4) is 0 Å². The Morgan fingerprint density at radius 3 is 2.03 bits per heavy atom. The van der Waals surface area contributed by atoms with Crippen LogP contribution in [0.25, 0.3) is 43.9 Å². The number of benzene rings is 4. The molecule has 0 fully saturated rings. The van der Waals surface area contributed by atoms with E-state index in [-0.39, 0.29) is 23.3 Å². The quantitative estimate of drug-likeness (QED) is 0.153. The molecule has 0 N–H and O–H groups in total. The van der Waals surface area contributed by atoms with Gasteiger partial charge in [-0.15, -0.1) is 0 Å². The van der Waals surface area contributed by atoms with Crippen molar-refractivity contribution in [2.45, 2.75) is 6.42 Å². The summed E-state index contributed by atoms with van der Waals surface area (Å²) < 4.78 is 12.9. The van der Waals surface area contributed by atoms with Crippen LogP contribution in [0, 0.1) is 0 Å². The Balaban J connectivity index is 1.41. The predicted octanol–water partition coefficient (Wildman–Crippen LogP) is 8.25. The molecule has 0 atom stereocenters. The summed E-state index contributed by atoms with van der Waals surface area (Å²) in [5.41, 5.74) is 4.86. The molecule has 0 saturated heterocycles. The molecule has 6 rings (SSSR count). The lowest BCUT2D eigenvalue weighted by atomic mass is 9.98. The molecule has 0 amide bonds. The highest BCUT2D eigenvalue weighted by molar-refractivity contribution is 9.10. The maximum Gasteiger partial charge on any atom is 0.173 e. The second-order valence-corrected chi connectivity index (χ2v) is 9.59. The number of fused-ring (bicyclic) bond motifs is 6. The van der Waals surface area contributed by atoms with Gasteiger partial charge in [-0.3, -0.25) is 9.59 Å². The zero-order chi connectivity index (χ0) is 23.4. The number of para-hydroxylation sites is 1. The van der Waals surface area contributed by atoms with Gasteiger partial charge in [-0.25, -0.2) is 0 Å². The summed E-state index contributed by atoms with van der Waals surface area (Å²) in [6, 6.07) is 22.6. The number of furan rings is 2. The fourth-order valence-electron chi connectivity index (χ4n) is 4.50. The van der Waals surface area contributed by atoms with Crippen LogP contribution in [-0.4, -0.2) is 16.9 Å². The summed E-state index contributed by atoms with van der Waals surface area (Å²) >= 11 is 6.84. The standard InChI is InChI=1S/C28H16Br2O4/c29-14-23(32)16-6-8-18-17-7-5-15(11-26(17)34-27(18)12-16)22(31)13-20-21(30)9-10-25-28(20)19-3-1-2-4-24(19)33-25/h1-12H,13-14H2. The molecule has 0 aliphatic rings. The van der Waals surface area contributed by atoms with E-state index in [9.17, 15) is 9.59 Å². The van der Waals surface area contributed by atoms with Crippen LogP contribution < -0.4 is 0 Å². The first kappa shape index (κ1) is 21.3. The van der Waals surface area contributed by atoms with Crippen LogP contribution in [0.3, 0.4) is 0 Å². The molecule has 0 radical (unpaired) electrons. The first-order chi connectivity index (χ1) is 16.5. The number of alkyl halides is 1. The van der Waals surface area contributed by atoms with Crippen molar-refractivity contribution in [2.75, 3.05) is 5.33 Å². The third kappa shape index (κ3) is 3.40. The van der Waals surface area contributed by atoms with Gasteiger partial charge in [-0.05, 0) is 48.0 Å². The summed E-state index contributed by atoms with van der Waals surface area (Å²) in [5.74, 6) is -0.0271. The summed E-state index contributed by atoms with van der Waals surface area (Å²) in [7, 11) is 0. The van der Waals surface area contributed by atoms with E-state index in [2.05, 4.69) is 31.9 Å². The minimum atomic E-state index is -0.0176. The Kier molecular flexibility index (Phi) is 5.15. The second kappa shape index (κ2) is 8.22. The van der Waals surface area contributed by atoms with Crippen LogP contribution in [0.5, 0.6) is 0 Å². The smallest absolute Gasteiger partial charge is 0.173 e. The molecule has 2 heterocycles. The third-order valence-electron chi connectivity index (χ3n) is 6.17. The van der Waals surface area contributed by atoms with Crippen molar-refractivity contribution >= 4 is 87.3 Å². The molecule has 34 heavy (non-hydrogen) atoms. The number of hydrogen-bond donors (Lipinski definition) is 0. The van der Waals surface area contributed by atoms with E-state index in [1.54, 1.807) is 18.2 Å². The summed E-state index contributed by atoms with van der Waals surface area (Å²) in [6.45, 7) is 0. The largest absolute Gasteiger partial charge is 0.456 e. The SMILES string of the molecule is O=C(CBr)c1ccc2c(c1)oc1cc(C(=O)Cc3c(Br)ccc4oc5ccccc5c34)ccc12. The van der Waals surface area contributed by atoms with E-state index < -0.39 is 0 Å². The minimum absolute atomic E-state index is 0.00949. The normalized spacial score (nSPS) is 11.7. The topological polar surface area (TPSA) is 60.4 Å². The van der Waals surface area contributed by atoms with Crippen molar-refractivity contribution in [2.24, 2.45) is 0 Å². The Labute approximate surface area is 210 Å². The highest BCUT2D eigenvalue weighted by Gasteiger charge is 2.19. The number of Topliss-reactive ketones (excluding diaryl/α,β-unsaturated/α-hetero) is 2. The van der Waals surface area contributed by atoms with Gasteiger partial charge in [0.2, 0.25) is 0 Å². The zero-order valence-corrected chi connectivity index (χ0v) is 20.9. The van der Waals surface area contributed by atoms with E-state index in [0.29, 0.717) is 22.3 Å². The van der Waals surface area contributed by atoms with Crippen LogP contribution in [0.15, 0.2) is 86.1 Å². The molecule has 0 saturated carbocycles. The molecule has 4 nitrogen and oxygen atoms in total. The molecule has 166 valence electrons. The fourth-order valence-corrected chi connectivity index (χ4v) is 5.29. The van der Waals surface area contributed by atoms with Crippen LogP contribution in [-0.2, 0) is 6.42 Å². The van der Waals surface area contributed by atoms with Gasteiger partial charge in [0.15, 0.2) is 11.6 Å². The highest BCUT2D eigenvalue weighted by atomic mass is 79.9. The number of carbonyl (C=O) groups excluding carboxylic acids is 2. The molecule has 0 aliphatic carbocycles. The molecular formula is C28H16Br2O4. The molecule has 6 aromatic rings. The fraction of sp³-hybridized carbons (Fsp3) is 0.0714. The number of halogens is 2. The number of rotatable bonds is 5. The average Bonchev–Trinajstić information content (AvgIpc) is 3.42. The van der Waals surface area contributed by atoms with Gasteiger partial charge in [-0.1, -0.05) is 62.2 Å². The molecule has 6 heteroatoms. The first-order valence-electron chi connectivity index (χ1n) is 10.7. The Morgan fingerprint density at radius 1 is 0.676 bits per heavy atom. The number of ketones is 2. The third-order valence-corrected chi connectivity index (χ3v) is 7.42. The lowest BCUT2D eigenvalue weighted by molar-refractivity contribution is 0.0991. The first-order valence-corrected chi connectivity index (χ1v) is 12.6. The molecule has 0 bridgehead atoms. The zero-order valence-electron chi connectivity index (χ0n) is 17.7. The molecule has 0 unspecified atom stereocenters. The van der Waals surface area contributed by atoms with E-state index in [0.717, 1.165) is 42.7 Å². The van der Waals surface area contributed by atoms with Crippen molar-refractivity contribution < 1.29 is 18.4 Å². The molecule has 0 aliphatic heterocycles. The minimum Gasteiger partial charge on any atom is -0.456 e. The van der Waals surface area contributed by atoms with E-state index in [1.165, 1.54) is 0 Å². The van der Waals surface area contributed by atoms with Gasteiger partial charge >= 0.3 is 0 Å². The highest BCUT2D eigenvalue weighted by Crippen LogP contribution is 2.36. The van der Waals surface area contributed by atoms with Gasteiger partial charge in [0.05, 0.1) is 5.33 Å². The van der Waals surface area contributed by atoms with Gasteiger partial charge in [-0.2, -0.15) is 0 Å². The molecule has 2 aromatic heterocycles. The lowest BCUT2D eigenvalue weighted by Gasteiger charge is -2.07. The van der Waals surface area contributed by atoms with Gasteiger partial charge < -0.3 is 8.83 Å². The van der Waals surface area contributed by atoms with Crippen molar-refractivity contribution in [1.29, 1.82) is 0 Å². The summed E-state index contributed by atoms with van der Waals surface area (Å²) in [5, 5.41) is 4.02. The lowest BCUT2D eigenvalue weighted by Crippen LogP contribution is -2.04. The van der Waals surface area contributed by atoms with Crippen molar-refractivity contribution in [3.05, 3.63) is 94.0 Å². The van der Waals surface area contributed by atoms with Crippen LogP contribution in [0.1, 0.15) is 26.3 Å². The Morgan fingerprint density at radius 2 is 1.32 bits per heavy atom. The van der Waals surface area contributed by atoms with Gasteiger partial charge in [0.25, 0.3) is 0 Å². The predicted molar refractivity (Wildman–Crippen MR) is 141 cm³/mol. The summed E-state index contributed by atoms with van der Waals surface area (Å²) in [4.78, 5) is 25.4. The number of carbonyl (C=O) groups is 2. The van der Waals surface area contributed by atoms with Crippen LogP contribution >= 0.6 is 31.9 Å². The number of hydrogen-bond acceptors (Lipinski definition) is 4. The molecule has 0 spiro atoms. The van der Waals surface area contributed by atoms with Crippen LogP contribution in [0.2, 0.25) is 0 Å². The maximum atomic E-state index is 13.4. The summed E-state index contributed by atoms with van der Waals surface area (Å²) in [6.07, 6.45) is 0.219. The van der Waals surface area contributed by atoms with Gasteiger partial charge in [0.1, 0.15) is 22.3 Å².